The molecule has 2 aromatic carbocycles. The number of carbonyl (C=O) groups excluding carboxylic acids is 3. The van der Waals surface area contributed by atoms with Crippen molar-refractivity contribution in [2.24, 2.45) is 5.92 Å². The van der Waals surface area contributed by atoms with E-state index in [0.29, 0.717) is 29.3 Å². The van der Waals surface area contributed by atoms with Gasteiger partial charge in [-0.3, -0.25) is 23.5 Å². The van der Waals surface area contributed by atoms with E-state index in [0.717, 1.165) is 71.3 Å². The summed E-state index contributed by atoms with van der Waals surface area (Å²) in [4.78, 5) is 56.7. The molecule has 2 aliphatic heterocycles. The average molecular weight is 890 g/mol. The highest BCUT2D eigenvalue weighted by Crippen LogP contribution is 2.30. The van der Waals surface area contributed by atoms with Crippen LogP contribution < -0.4 is 10.6 Å². The summed E-state index contributed by atoms with van der Waals surface area (Å²) in [6.45, 7) is 7.16. The summed E-state index contributed by atoms with van der Waals surface area (Å²) in [5, 5.41) is 7.18. The van der Waals surface area contributed by atoms with Gasteiger partial charge in [-0.05, 0) is 71.5 Å². The van der Waals surface area contributed by atoms with Gasteiger partial charge in [0.05, 0.1) is 27.2 Å². The van der Waals surface area contributed by atoms with E-state index in [9.17, 15) is 31.2 Å². The van der Waals surface area contributed by atoms with Gasteiger partial charge in [0.15, 0.2) is 10.0 Å². The Bertz CT molecular complexity index is 2270. The molecule has 3 aliphatic rings. The van der Waals surface area contributed by atoms with Crippen molar-refractivity contribution in [3.63, 3.8) is 0 Å². The number of carbonyl (C=O) groups is 3. The van der Waals surface area contributed by atoms with E-state index in [4.69, 9.17) is 9.11 Å². The van der Waals surface area contributed by atoms with Gasteiger partial charge in [-0.2, -0.15) is 16.8 Å². The molecule has 4 aromatic rings. The fourth-order valence-electron chi connectivity index (χ4n) is 6.81. The molecule has 4 N–H and O–H groups in total. The number of nitrogens with zero attached hydrogens (tertiary/aromatic N) is 5. The molecule has 0 radical (unpaired) electrons. The lowest BCUT2D eigenvalue weighted by molar-refractivity contribution is -0.134. The normalized spacial score (nSPS) is 19.4. The summed E-state index contributed by atoms with van der Waals surface area (Å²) in [6, 6.07) is 11.3. The Morgan fingerprint density at radius 3 is 1.49 bits per heavy atom. The molecular formula is C39H51N7O9S4. The molecule has 1 aliphatic carbocycles. The zero-order valence-corrected chi connectivity index (χ0v) is 37.1. The maximum Gasteiger partial charge on any atom is 0.294 e. The minimum Gasteiger partial charge on any atom is -0.349 e. The van der Waals surface area contributed by atoms with Crippen LogP contribution in [0.2, 0.25) is 0 Å². The maximum absolute atomic E-state index is 13.3. The van der Waals surface area contributed by atoms with Crippen LogP contribution in [0.15, 0.2) is 58.3 Å². The van der Waals surface area contributed by atoms with Crippen LogP contribution in [0, 0.1) is 19.8 Å². The minimum absolute atomic E-state index is 0.0495. The van der Waals surface area contributed by atoms with Crippen molar-refractivity contribution in [2.75, 3.05) is 41.3 Å². The van der Waals surface area contributed by atoms with Crippen LogP contribution in [0.25, 0.3) is 0 Å². The molecule has 3 atom stereocenters. The number of aryl methyl sites for hydroxylation is 2. The van der Waals surface area contributed by atoms with Crippen LogP contribution >= 0.6 is 22.7 Å². The Morgan fingerprint density at radius 1 is 0.695 bits per heavy atom. The number of fused-ring (bicyclic) bond motifs is 2. The fraction of sp³-hybridized carbons (Fsp3) is 0.462. The van der Waals surface area contributed by atoms with Crippen molar-refractivity contribution in [3.8, 4) is 0 Å². The third-order valence-corrected chi connectivity index (χ3v) is 14.0. The van der Waals surface area contributed by atoms with Gasteiger partial charge < -0.3 is 25.3 Å². The number of aromatic nitrogens is 2. The molecule has 0 spiro atoms. The van der Waals surface area contributed by atoms with E-state index in [1.807, 2.05) is 13.8 Å². The zero-order chi connectivity index (χ0) is 43.2. The number of hydrogen-bond donors (Lipinski definition) is 4. The number of likely N-dealkylation sites (N-methyl/N-ethyl adjacent to an activating group) is 2. The van der Waals surface area contributed by atoms with Crippen LogP contribution in [0.5, 0.6) is 0 Å². The van der Waals surface area contributed by atoms with Crippen LogP contribution in [0.4, 0.5) is 0 Å². The van der Waals surface area contributed by atoms with Crippen LogP contribution in [0.3, 0.4) is 0 Å². The molecule has 1 fully saturated rings. The van der Waals surface area contributed by atoms with Crippen molar-refractivity contribution in [3.05, 3.63) is 90.8 Å². The van der Waals surface area contributed by atoms with Gasteiger partial charge in [0.25, 0.3) is 32.1 Å². The molecule has 3 amide bonds. The van der Waals surface area contributed by atoms with Crippen molar-refractivity contribution in [2.45, 2.75) is 80.9 Å². The highest BCUT2D eigenvalue weighted by molar-refractivity contribution is 7.86. The number of thiazole rings is 2. The molecule has 7 rings (SSSR count). The standard InChI is InChI=1S/C25H35N7O3S2.2C7H8O3S/c1-30(2)25(35)14-5-6-15(26-21(33)23-28-16-7-9-31(3)12-19(16)36-23)18(11-14)27-22(34)24-29-17-8-10-32(4)13-20(17)37-24;2*1-6-2-4-7(5-3-6)11(8,9)10/h14-15,18H,5-13H2,1-4H3,(H,26,33)(H,27,34);2*2-5H,1H3,(H,8,9,10)/t14-,15-,18+;;/m0../s1. The summed E-state index contributed by atoms with van der Waals surface area (Å²) >= 11 is 2.88. The van der Waals surface area contributed by atoms with Gasteiger partial charge in [0, 0.05) is 74.8 Å². The lowest BCUT2D eigenvalue weighted by Crippen LogP contribution is -2.55. The first-order valence-corrected chi connectivity index (χ1v) is 23.4. The molecule has 20 heteroatoms. The molecule has 0 bridgehead atoms. The molecule has 0 unspecified atom stereocenters. The smallest absolute Gasteiger partial charge is 0.294 e. The zero-order valence-electron chi connectivity index (χ0n) is 33.8. The van der Waals surface area contributed by atoms with Gasteiger partial charge in [-0.15, -0.1) is 22.7 Å². The van der Waals surface area contributed by atoms with E-state index in [2.05, 4.69) is 44.5 Å². The second kappa shape index (κ2) is 19.5. The monoisotopic (exact) mass is 889 g/mol. The summed E-state index contributed by atoms with van der Waals surface area (Å²) in [7, 11) is -0.398. The van der Waals surface area contributed by atoms with Crippen molar-refractivity contribution < 1.29 is 40.3 Å². The van der Waals surface area contributed by atoms with Gasteiger partial charge in [-0.25, -0.2) is 9.97 Å². The van der Waals surface area contributed by atoms with E-state index in [1.165, 1.54) is 46.9 Å². The first-order valence-electron chi connectivity index (χ1n) is 18.9. The minimum atomic E-state index is -4.02. The molecular weight excluding hydrogens is 839 g/mol. The summed E-state index contributed by atoms with van der Waals surface area (Å²) in [5.74, 6) is -0.601. The lowest BCUT2D eigenvalue weighted by Gasteiger charge is -2.37. The first kappa shape index (κ1) is 45.9. The number of benzene rings is 2. The number of hydrogen-bond acceptors (Lipinski definition) is 13. The lowest BCUT2D eigenvalue weighted by atomic mass is 9.81. The van der Waals surface area contributed by atoms with Gasteiger partial charge in [0.2, 0.25) is 5.91 Å². The average Bonchev–Trinajstić information content (AvgIpc) is 3.79. The quantitative estimate of drug-likeness (QED) is 0.194. The Labute approximate surface area is 353 Å². The molecule has 2 aromatic heterocycles. The molecule has 4 heterocycles. The van der Waals surface area contributed by atoms with Gasteiger partial charge >= 0.3 is 0 Å². The molecule has 16 nitrogen and oxygen atoms in total. The number of amides is 3. The second-order valence-electron chi connectivity index (χ2n) is 15.2. The van der Waals surface area contributed by atoms with Crippen molar-refractivity contribution in [1.82, 2.24) is 35.3 Å². The predicted octanol–water partition coefficient (Wildman–Crippen LogP) is 3.84. The third-order valence-electron chi connectivity index (χ3n) is 10.1. The molecule has 0 saturated heterocycles. The first-order chi connectivity index (χ1) is 27.7. The van der Waals surface area contributed by atoms with Gasteiger partial charge in [0.1, 0.15) is 0 Å². The summed E-state index contributed by atoms with van der Waals surface area (Å²) in [5.41, 5.74) is 3.92. The Balaban J connectivity index is 0.000000244. The topological polar surface area (TPSA) is 220 Å². The van der Waals surface area contributed by atoms with Crippen LogP contribution in [-0.2, 0) is 51.0 Å². The van der Waals surface area contributed by atoms with Gasteiger partial charge in [-0.1, -0.05) is 35.4 Å². The van der Waals surface area contributed by atoms with Crippen molar-refractivity contribution >= 4 is 60.6 Å². The predicted molar refractivity (Wildman–Crippen MR) is 225 cm³/mol. The number of rotatable bonds is 7. The molecule has 1 saturated carbocycles. The maximum atomic E-state index is 13.3. The van der Waals surface area contributed by atoms with E-state index >= 15 is 0 Å². The van der Waals surface area contributed by atoms with E-state index in [1.54, 1.807) is 43.3 Å². The highest BCUT2D eigenvalue weighted by Gasteiger charge is 2.37. The molecule has 320 valence electrons. The second-order valence-corrected chi connectivity index (χ2v) is 20.2. The third kappa shape index (κ3) is 12.7. The Morgan fingerprint density at radius 2 is 1.10 bits per heavy atom. The SMILES string of the molecule is CN1CCc2nc(C(=O)N[C@H]3CC[C@H](C(=O)N(C)C)C[C@H]3NC(=O)c3nc4c(s3)CN(C)CC4)sc2C1.Cc1ccc(S(=O)(=O)O)cc1.Cc1ccc(S(=O)(=O)O)cc1. The Hall–Kier alpha value is -4.15. The van der Waals surface area contributed by atoms with Crippen LogP contribution in [0.1, 0.15) is 71.1 Å². The summed E-state index contributed by atoms with van der Waals surface area (Å²) in [6.07, 6.45) is 3.42. The van der Waals surface area contributed by atoms with Crippen molar-refractivity contribution in [1.29, 1.82) is 0 Å². The summed E-state index contributed by atoms with van der Waals surface area (Å²) < 4.78 is 59.1. The Kier molecular flexibility index (Phi) is 15.2. The highest BCUT2D eigenvalue weighted by atomic mass is 32.2. The fourth-order valence-corrected chi connectivity index (χ4v) is 9.96. The van der Waals surface area contributed by atoms with Crippen LogP contribution in [-0.4, -0.2) is 122 Å². The molecule has 59 heavy (non-hydrogen) atoms. The number of nitrogens with one attached hydrogen (secondary N) is 2. The van der Waals surface area contributed by atoms with E-state index < -0.39 is 20.2 Å². The van der Waals surface area contributed by atoms with E-state index in [-0.39, 0.29) is 45.5 Å². The largest absolute Gasteiger partial charge is 0.349 e.